The summed E-state index contributed by atoms with van der Waals surface area (Å²) in [6.45, 7) is 3.32. The molecule has 0 atom stereocenters. The Morgan fingerprint density at radius 1 is 1.44 bits per heavy atom. The fraction of sp³-hybridized carbons (Fsp3) is 0.583. The number of hydrogen-bond donors (Lipinski definition) is 1. The van der Waals surface area contributed by atoms with Crippen LogP contribution in [-0.4, -0.2) is 36.1 Å². The highest BCUT2D eigenvalue weighted by Gasteiger charge is 2.15. The number of hydrogen-bond acceptors (Lipinski definition) is 3. The molecule has 2 rings (SSSR count). The maximum Gasteiger partial charge on any atom is 0.0410 e. The van der Waals surface area contributed by atoms with Crippen LogP contribution in [0.2, 0.25) is 0 Å². The zero-order chi connectivity index (χ0) is 11.4. The summed E-state index contributed by atoms with van der Waals surface area (Å²) in [4.78, 5) is 6.55. The van der Waals surface area contributed by atoms with Gasteiger partial charge in [0.15, 0.2) is 0 Å². The largest absolute Gasteiger partial charge is 0.310 e. The predicted molar refractivity (Wildman–Crippen MR) is 69.3 cm³/mol. The average Bonchev–Trinajstić information content (AvgIpc) is 2.28. The van der Waals surface area contributed by atoms with E-state index in [9.17, 15) is 0 Å². The molecule has 3 nitrogen and oxygen atoms in total. The number of pyridine rings is 1. The lowest BCUT2D eigenvalue weighted by atomic mass is 10.1. The van der Waals surface area contributed by atoms with Crippen molar-refractivity contribution in [3.8, 4) is 0 Å². The standard InChI is InChI=1S/C12H18BrN3/c1-16-4-2-12(3-5-16)15-8-10-6-11(13)9-14-7-10/h6-7,9,12,15H,2-5,8H2,1H3. The van der Waals surface area contributed by atoms with E-state index in [2.05, 4.69) is 44.2 Å². The van der Waals surface area contributed by atoms with Crippen LogP contribution < -0.4 is 5.32 Å². The maximum atomic E-state index is 4.16. The molecule has 0 unspecified atom stereocenters. The van der Waals surface area contributed by atoms with Crippen LogP contribution in [0.5, 0.6) is 0 Å². The summed E-state index contributed by atoms with van der Waals surface area (Å²) in [7, 11) is 2.19. The van der Waals surface area contributed by atoms with Gasteiger partial charge in [-0.15, -0.1) is 0 Å². The fourth-order valence-electron chi connectivity index (χ4n) is 2.03. The van der Waals surface area contributed by atoms with Crippen LogP contribution in [-0.2, 0) is 6.54 Å². The third-order valence-corrected chi connectivity index (χ3v) is 3.51. The Bertz CT molecular complexity index is 335. The van der Waals surface area contributed by atoms with Crippen molar-refractivity contribution in [2.75, 3.05) is 20.1 Å². The highest BCUT2D eigenvalue weighted by molar-refractivity contribution is 9.10. The SMILES string of the molecule is CN1CCC(NCc2cncc(Br)c2)CC1. The van der Waals surface area contributed by atoms with E-state index in [0.29, 0.717) is 6.04 Å². The van der Waals surface area contributed by atoms with Gasteiger partial charge in [0, 0.05) is 29.5 Å². The molecular formula is C12H18BrN3. The van der Waals surface area contributed by atoms with Gasteiger partial charge in [-0.2, -0.15) is 0 Å². The summed E-state index contributed by atoms with van der Waals surface area (Å²) in [6.07, 6.45) is 6.24. The van der Waals surface area contributed by atoms with Gasteiger partial charge in [-0.05, 0) is 60.5 Å². The van der Waals surface area contributed by atoms with Crippen molar-refractivity contribution in [2.24, 2.45) is 0 Å². The second-order valence-corrected chi connectivity index (χ2v) is 5.39. The summed E-state index contributed by atoms with van der Waals surface area (Å²) >= 11 is 3.44. The lowest BCUT2D eigenvalue weighted by Crippen LogP contribution is -2.40. The quantitative estimate of drug-likeness (QED) is 0.920. The van der Waals surface area contributed by atoms with Gasteiger partial charge in [0.2, 0.25) is 0 Å². The number of aromatic nitrogens is 1. The lowest BCUT2D eigenvalue weighted by Gasteiger charge is -2.29. The highest BCUT2D eigenvalue weighted by Crippen LogP contribution is 2.12. The van der Waals surface area contributed by atoms with Gasteiger partial charge < -0.3 is 10.2 Å². The third-order valence-electron chi connectivity index (χ3n) is 3.07. The molecule has 1 aliphatic rings. The fourth-order valence-corrected chi connectivity index (χ4v) is 2.44. The van der Waals surface area contributed by atoms with E-state index in [-0.39, 0.29) is 0 Å². The maximum absolute atomic E-state index is 4.16. The zero-order valence-electron chi connectivity index (χ0n) is 9.62. The van der Waals surface area contributed by atoms with Crippen LogP contribution in [0.3, 0.4) is 0 Å². The van der Waals surface area contributed by atoms with E-state index >= 15 is 0 Å². The average molecular weight is 284 g/mol. The number of likely N-dealkylation sites (tertiary alicyclic amines) is 1. The molecule has 16 heavy (non-hydrogen) atoms. The van der Waals surface area contributed by atoms with Crippen molar-refractivity contribution in [3.63, 3.8) is 0 Å². The Morgan fingerprint density at radius 3 is 2.88 bits per heavy atom. The zero-order valence-corrected chi connectivity index (χ0v) is 11.2. The molecule has 1 aromatic heterocycles. The molecule has 1 aliphatic heterocycles. The lowest BCUT2D eigenvalue weighted by molar-refractivity contribution is 0.234. The second kappa shape index (κ2) is 5.75. The molecule has 4 heteroatoms. The minimum absolute atomic E-state index is 0.662. The molecule has 2 heterocycles. The third kappa shape index (κ3) is 3.54. The van der Waals surface area contributed by atoms with Crippen molar-refractivity contribution >= 4 is 15.9 Å². The highest BCUT2D eigenvalue weighted by atomic mass is 79.9. The summed E-state index contributed by atoms with van der Waals surface area (Å²) in [5.74, 6) is 0. The first-order valence-corrected chi connectivity index (χ1v) is 6.55. The van der Waals surface area contributed by atoms with Gasteiger partial charge in [-0.25, -0.2) is 0 Å². The number of nitrogens with one attached hydrogen (secondary N) is 1. The van der Waals surface area contributed by atoms with E-state index in [0.717, 1.165) is 11.0 Å². The first-order valence-electron chi connectivity index (χ1n) is 5.75. The Balaban J connectivity index is 1.79. The molecular weight excluding hydrogens is 266 g/mol. The minimum Gasteiger partial charge on any atom is -0.310 e. The molecule has 1 fully saturated rings. The number of rotatable bonds is 3. The minimum atomic E-state index is 0.662. The van der Waals surface area contributed by atoms with E-state index in [1.165, 1.54) is 31.5 Å². The van der Waals surface area contributed by atoms with Crippen LogP contribution in [0.25, 0.3) is 0 Å². The molecule has 0 spiro atoms. The molecule has 0 amide bonds. The molecule has 0 aromatic carbocycles. The molecule has 1 aromatic rings. The molecule has 0 bridgehead atoms. The first kappa shape index (κ1) is 12.0. The van der Waals surface area contributed by atoms with Crippen molar-refractivity contribution in [1.82, 2.24) is 15.2 Å². The molecule has 1 saturated heterocycles. The number of halogens is 1. The molecule has 1 N–H and O–H groups in total. The van der Waals surface area contributed by atoms with Crippen molar-refractivity contribution < 1.29 is 0 Å². The van der Waals surface area contributed by atoms with Gasteiger partial charge in [0.1, 0.15) is 0 Å². The van der Waals surface area contributed by atoms with Crippen LogP contribution in [0.15, 0.2) is 22.9 Å². The first-order chi connectivity index (χ1) is 7.74. The van der Waals surface area contributed by atoms with Gasteiger partial charge in [0.25, 0.3) is 0 Å². The summed E-state index contributed by atoms with van der Waals surface area (Å²) < 4.78 is 1.05. The van der Waals surface area contributed by atoms with Gasteiger partial charge in [-0.3, -0.25) is 4.98 Å². The van der Waals surface area contributed by atoms with E-state index in [4.69, 9.17) is 0 Å². The topological polar surface area (TPSA) is 28.2 Å². The predicted octanol–water partition coefficient (Wildman–Crippen LogP) is 2.03. The molecule has 0 aliphatic carbocycles. The van der Waals surface area contributed by atoms with Crippen molar-refractivity contribution in [3.05, 3.63) is 28.5 Å². The Labute approximate surface area is 105 Å². The monoisotopic (exact) mass is 283 g/mol. The number of piperidine rings is 1. The van der Waals surface area contributed by atoms with E-state index in [1.54, 1.807) is 0 Å². The van der Waals surface area contributed by atoms with Crippen LogP contribution in [0.4, 0.5) is 0 Å². The van der Waals surface area contributed by atoms with Crippen molar-refractivity contribution in [2.45, 2.75) is 25.4 Å². The Hall–Kier alpha value is -0.450. The molecule has 88 valence electrons. The van der Waals surface area contributed by atoms with E-state index in [1.807, 2.05) is 12.4 Å². The van der Waals surface area contributed by atoms with Crippen LogP contribution >= 0.6 is 15.9 Å². The molecule has 0 radical (unpaired) electrons. The summed E-state index contributed by atoms with van der Waals surface area (Å²) in [5, 5.41) is 3.60. The van der Waals surface area contributed by atoms with E-state index < -0.39 is 0 Å². The van der Waals surface area contributed by atoms with Crippen molar-refractivity contribution in [1.29, 1.82) is 0 Å². The summed E-state index contributed by atoms with van der Waals surface area (Å²) in [6, 6.07) is 2.78. The smallest absolute Gasteiger partial charge is 0.0410 e. The van der Waals surface area contributed by atoms with Gasteiger partial charge >= 0.3 is 0 Å². The van der Waals surface area contributed by atoms with Gasteiger partial charge in [-0.1, -0.05) is 0 Å². The normalized spacial score (nSPS) is 18.9. The molecule has 0 saturated carbocycles. The Morgan fingerprint density at radius 2 is 2.19 bits per heavy atom. The van der Waals surface area contributed by atoms with Crippen LogP contribution in [0, 0.1) is 0 Å². The Kier molecular flexibility index (Phi) is 4.32. The van der Waals surface area contributed by atoms with Gasteiger partial charge in [0.05, 0.1) is 0 Å². The second-order valence-electron chi connectivity index (χ2n) is 4.47. The van der Waals surface area contributed by atoms with Crippen LogP contribution in [0.1, 0.15) is 18.4 Å². The summed E-state index contributed by atoms with van der Waals surface area (Å²) in [5.41, 5.74) is 1.24. The number of nitrogens with zero attached hydrogens (tertiary/aromatic N) is 2.